The number of furan rings is 3. The van der Waals surface area contributed by atoms with Crippen LogP contribution in [0.4, 0.5) is 0 Å². The largest absolute Gasteiger partial charge is 0.456 e. The average Bonchev–Trinajstić information content (AvgIpc) is 4.16. The fourth-order valence-corrected chi connectivity index (χ4v) is 10.4. The number of nitrogens with zero attached hydrogens (tertiary/aromatic N) is 4. The summed E-state index contributed by atoms with van der Waals surface area (Å²) in [4.78, 5) is 15.9. The van der Waals surface area contributed by atoms with Gasteiger partial charge in [-0.25, -0.2) is 15.0 Å². The van der Waals surface area contributed by atoms with Crippen molar-refractivity contribution in [3.8, 4) is 51.0 Å². The number of para-hydroxylation sites is 4. The van der Waals surface area contributed by atoms with Crippen LogP contribution in [0.2, 0.25) is 0 Å². The van der Waals surface area contributed by atoms with Gasteiger partial charge in [0.2, 0.25) is 0 Å². The quantitative estimate of drug-likeness (QED) is 0.171. The molecule has 7 nitrogen and oxygen atoms in total. The molecule has 0 bridgehead atoms. The molecule has 0 fully saturated rings. The van der Waals surface area contributed by atoms with Crippen LogP contribution in [0.5, 0.6) is 0 Å². The van der Waals surface area contributed by atoms with E-state index in [0.717, 1.165) is 110 Å². The van der Waals surface area contributed by atoms with Gasteiger partial charge in [0, 0.05) is 65.5 Å². The molecule has 0 spiro atoms. The summed E-state index contributed by atoms with van der Waals surface area (Å²) in [6, 6.07) is 71.8. The van der Waals surface area contributed by atoms with E-state index in [-0.39, 0.29) is 0 Å². The van der Waals surface area contributed by atoms with Crippen LogP contribution in [0.25, 0.3) is 149 Å². The summed E-state index contributed by atoms with van der Waals surface area (Å²) in [5, 5.41) is 11.1. The highest BCUT2D eigenvalue weighted by atomic mass is 16.3. The molecular weight excluding hydrogens is 837 g/mol. The van der Waals surface area contributed by atoms with Crippen molar-refractivity contribution in [2.75, 3.05) is 0 Å². The Morgan fingerprint density at radius 1 is 0.279 bits per heavy atom. The smallest absolute Gasteiger partial charge is 0.164 e. The third-order valence-corrected chi connectivity index (χ3v) is 13.6. The van der Waals surface area contributed by atoms with Gasteiger partial charge in [-0.1, -0.05) is 115 Å². The Morgan fingerprint density at radius 3 is 1.44 bits per heavy atom. The fraction of sp³-hybridized carbons (Fsp3) is 0. The zero-order chi connectivity index (χ0) is 44.5. The van der Waals surface area contributed by atoms with Gasteiger partial charge in [-0.2, -0.15) is 0 Å². The van der Waals surface area contributed by atoms with E-state index in [4.69, 9.17) is 28.2 Å². The number of hydrogen-bond donors (Lipinski definition) is 0. The van der Waals surface area contributed by atoms with Crippen LogP contribution >= 0.6 is 0 Å². The molecule has 0 aliphatic heterocycles. The van der Waals surface area contributed by atoms with Crippen molar-refractivity contribution in [2.45, 2.75) is 0 Å². The van der Waals surface area contributed by atoms with E-state index >= 15 is 0 Å². The Morgan fingerprint density at radius 2 is 0.779 bits per heavy atom. The van der Waals surface area contributed by atoms with E-state index in [1.165, 1.54) is 21.5 Å². The Labute approximate surface area is 386 Å². The van der Waals surface area contributed by atoms with Crippen LogP contribution < -0.4 is 0 Å². The maximum Gasteiger partial charge on any atom is 0.164 e. The van der Waals surface area contributed by atoms with Crippen molar-refractivity contribution in [2.24, 2.45) is 0 Å². The van der Waals surface area contributed by atoms with Crippen LogP contribution in [0.3, 0.4) is 0 Å². The van der Waals surface area contributed by atoms with Crippen LogP contribution in [0.15, 0.2) is 220 Å². The summed E-state index contributed by atoms with van der Waals surface area (Å²) in [6.07, 6.45) is 0. The first kappa shape index (κ1) is 36.9. The van der Waals surface area contributed by atoms with E-state index in [1.54, 1.807) is 0 Å². The first-order valence-electron chi connectivity index (χ1n) is 22.7. The first-order valence-corrected chi connectivity index (χ1v) is 22.7. The molecule has 0 N–H and O–H groups in total. The molecule has 0 amide bonds. The predicted molar refractivity (Wildman–Crippen MR) is 275 cm³/mol. The highest BCUT2D eigenvalue weighted by molar-refractivity contribution is 6.14. The number of hydrogen-bond acceptors (Lipinski definition) is 6. The SMILES string of the molecule is c1ccc2cc3c(cc2c1)c1ccccc1n3-c1ccc(-c2nc(-c3ccc4c(c3)oc3ccccc34)nc(-c3ccc4c(c3)oc3ccccc34)n2)c(-c2ccc3oc4ccccc4c3c2)c1. The van der Waals surface area contributed by atoms with Gasteiger partial charge < -0.3 is 17.8 Å². The van der Waals surface area contributed by atoms with Crippen molar-refractivity contribution in [3.63, 3.8) is 0 Å². The predicted octanol–water partition coefficient (Wildman–Crippen LogP) is 16.5. The van der Waals surface area contributed by atoms with Gasteiger partial charge in [0.25, 0.3) is 0 Å². The van der Waals surface area contributed by atoms with Crippen molar-refractivity contribution in [3.05, 3.63) is 206 Å². The normalized spacial score (nSPS) is 12.1. The molecule has 0 aliphatic carbocycles. The molecule has 5 heterocycles. The summed E-state index contributed by atoms with van der Waals surface area (Å²) in [6.45, 7) is 0. The van der Waals surface area contributed by atoms with Crippen molar-refractivity contribution >= 4 is 98.4 Å². The molecule has 0 saturated carbocycles. The van der Waals surface area contributed by atoms with E-state index in [1.807, 2.05) is 60.7 Å². The molecule has 0 saturated heterocycles. The Balaban J connectivity index is 0.995. The molecule has 15 rings (SSSR count). The minimum Gasteiger partial charge on any atom is -0.456 e. The minimum atomic E-state index is 0.526. The van der Waals surface area contributed by atoms with Crippen molar-refractivity contribution < 1.29 is 13.3 Å². The summed E-state index contributed by atoms with van der Waals surface area (Å²) >= 11 is 0. The number of benzene rings is 10. The van der Waals surface area contributed by atoms with Gasteiger partial charge in [-0.3, -0.25) is 0 Å². The topological polar surface area (TPSA) is 83.0 Å². The van der Waals surface area contributed by atoms with Gasteiger partial charge >= 0.3 is 0 Å². The second-order valence-corrected chi connectivity index (χ2v) is 17.5. The molecule has 0 aliphatic rings. The van der Waals surface area contributed by atoms with Crippen molar-refractivity contribution in [1.82, 2.24) is 19.5 Å². The second kappa shape index (κ2) is 14.1. The third kappa shape index (κ3) is 5.56. The Kier molecular flexibility index (Phi) is 7.65. The van der Waals surface area contributed by atoms with Gasteiger partial charge in [-0.15, -0.1) is 0 Å². The lowest BCUT2D eigenvalue weighted by Crippen LogP contribution is -2.02. The van der Waals surface area contributed by atoms with Crippen LogP contribution in [0, 0.1) is 0 Å². The maximum atomic E-state index is 6.40. The van der Waals surface area contributed by atoms with Gasteiger partial charge in [0.15, 0.2) is 17.5 Å². The number of rotatable bonds is 5. The standard InChI is InChI=1S/C61H34N4O3/c1-2-12-36-31-52-49(29-35(36)11-1)41-13-3-7-17-51(41)65(52)40-24-27-47(48(34-40)37-23-28-56-50(30-37)44-16-6-10-20-55(44)66-56)61-63-59(38-21-25-45-42-14-4-8-18-53(42)67-57(45)32-38)62-60(64-61)39-22-26-46-43-15-5-9-19-54(43)68-58(46)33-39/h1-34H. The van der Waals surface area contributed by atoms with Crippen LogP contribution in [-0.2, 0) is 0 Å². The second-order valence-electron chi connectivity index (χ2n) is 17.5. The summed E-state index contributed by atoms with van der Waals surface area (Å²) in [5.41, 5.74) is 12.6. The Bertz CT molecular complexity index is 4460. The van der Waals surface area contributed by atoms with E-state index in [0.29, 0.717) is 17.5 Å². The summed E-state index contributed by atoms with van der Waals surface area (Å²) in [7, 11) is 0. The minimum absolute atomic E-state index is 0.526. The van der Waals surface area contributed by atoms with Crippen LogP contribution in [0.1, 0.15) is 0 Å². The zero-order valence-corrected chi connectivity index (χ0v) is 36.1. The molecular formula is C61H34N4O3. The van der Waals surface area contributed by atoms with E-state index in [2.05, 4.69) is 150 Å². The highest BCUT2D eigenvalue weighted by Crippen LogP contribution is 2.42. The zero-order valence-electron chi connectivity index (χ0n) is 36.1. The lowest BCUT2D eigenvalue weighted by molar-refractivity contribution is 0.668. The van der Waals surface area contributed by atoms with Gasteiger partial charge in [0.1, 0.15) is 33.5 Å². The fourth-order valence-electron chi connectivity index (χ4n) is 10.4. The number of fused-ring (bicyclic) bond motifs is 13. The molecule has 0 atom stereocenters. The summed E-state index contributed by atoms with van der Waals surface area (Å²) < 4.78 is 21.5. The Hall–Kier alpha value is -9.33. The van der Waals surface area contributed by atoms with Crippen LogP contribution in [-0.4, -0.2) is 19.5 Å². The highest BCUT2D eigenvalue weighted by Gasteiger charge is 2.22. The monoisotopic (exact) mass is 870 g/mol. The molecule has 10 aromatic carbocycles. The third-order valence-electron chi connectivity index (χ3n) is 13.6. The first-order chi connectivity index (χ1) is 33.6. The van der Waals surface area contributed by atoms with Gasteiger partial charge in [-0.05, 0) is 113 Å². The average molecular weight is 871 g/mol. The summed E-state index contributed by atoms with van der Waals surface area (Å²) in [5.74, 6) is 1.58. The molecule has 7 heteroatoms. The van der Waals surface area contributed by atoms with Gasteiger partial charge in [0.05, 0.1) is 11.0 Å². The van der Waals surface area contributed by atoms with E-state index < -0.39 is 0 Å². The lowest BCUT2D eigenvalue weighted by atomic mass is 9.96. The molecule has 316 valence electrons. The number of aromatic nitrogens is 4. The maximum absolute atomic E-state index is 6.40. The molecule has 5 aromatic heterocycles. The van der Waals surface area contributed by atoms with E-state index in [9.17, 15) is 0 Å². The lowest BCUT2D eigenvalue weighted by Gasteiger charge is -2.16. The molecule has 15 aromatic rings. The van der Waals surface area contributed by atoms with Crippen molar-refractivity contribution in [1.29, 1.82) is 0 Å². The molecule has 0 radical (unpaired) electrons. The molecule has 0 unspecified atom stereocenters. The molecule has 68 heavy (non-hydrogen) atoms.